The van der Waals surface area contributed by atoms with Crippen LogP contribution in [0.4, 0.5) is 5.82 Å². The lowest BCUT2D eigenvalue weighted by atomic mass is 10.0. The van der Waals surface area contributed by atoms with Crippen molar-refractivity contribution in [2.24, 2.45) is 0 Å². The molecule has 0 unspecified atom stereocenters. The monoisotopic (exact) mass is 360 g/mol. The minimum atomic E-state index is 0.0768. The summed E-state index contributed by atoms with van der Waals surface area (Å²) in [5.74, 6) is 1.09. The molecule has 3 heterocycles. The number of fused-ring (bicyclic) bond motifs is 1. The van der Waals surface area contributed by atoms with E-state index in [0.717, 1.165) is 53.9 Å². The van der Waals surface area contributed by atoms with E-state index in [1.165, 1.54) is 0 Å². The number of aryl methyl sites for hydroxylation is 1. The zero-order valence-electron chi connectivity index (χ0n) is 15.8. The zero-order valence-corrected chi connectivity index (χ0v) is 15.8. The van der Waals surface area contributed by atoms with Crippen LogP contribution < -0.4 is 4.90 Å². The minimum Gasteiger partial charge on any atom is -0.356 e. The Hall–Kier alpha value is -2.95. The van der Waals surface area contributed by atoms with Crippen molar-refractivity contribution in [2.45, 2.75) is 25.8 Å². The van der Waals surface area contributed by atoms with E-state index in [4.69, 9.17) is 0 Å². The van der Waals surface area contributed by atoms with Crippen molar-refractivity contribution in [3.05, 3.63) is 66.0 Å². The molecular formula is C22H24N4O. The number of nitrogens with zero attached hydrogens (tertiary/aromatic N) is 4. The Balaban J connectivity index is 1.51. The fraction of sp³-hybridized carbons (Fsp3) is 0.318. The number of piperidine rings is 1. The summed E-state index contributed by atoms with van der Waals surface area (Å²) >= 11 is 0. The quantitative estimate of drug-likeness (QED) is 0.715. The molecule has 0 radical (unpaired) electrons. The van der Waals surface area contributed by atoms with Gasteiger partial charge in [0.25, 0.3) is 5.91 Å². The second-order valence-electron chi connectivity index (χ2n) is 7.15. The molecule has 1 aliphatic rings. The van der Waals surface area contributed by atoms with Gasteiger partial charge in [-0.05, 0) is 44.0 Å². The van der Waals surface area contributed by atoms with E-state index < -0.39 is 0 Å². The smallest absolute Gasteiger partial charge is 0.254 e. The molecule has 1 amide bonds. The van der Waals surface area contributed by atoms with Crippen molar-refractivity contribution in [3.8, 4) is 0 Å². The summed E-state index contributed by atoms with van der Waals surface area (Å²) in [7, 11) is 1.92. The van der Waals surface area contributed by atoms with Gasteiger partial charge in [0.2, 0.25) is 0 Å². The molecule has 1 aliphatic heterocycles. The maximum atomic E-state index is 13.2. The molecule has 138 valence electrons. The molecule has 27 heavy (non-hydrogen) atoms. The molecule has 0 bridgehead atoms. The van der Waals surface area contributed by atoms with Crippen molar-refractivity contribution in [1.82, 2.24) is 14.9 Å². The Kier molecular flexibility index (Phi) is 4.75. The Morgan fingerprint density at radius 1 is 1.11 bits per heavy atom. The highest BCUT2D eigenvalue weighted by Gasteiger charge is 2.27. The molecule has 1 aromatic carbocycles. The third-order valence-corrected chi connectivity index (χ3v) is 5.38. The van der Waals surface area contributed by atoms with Crippen LogP contribution in [0.5, 0.6) is 0 Å². The molecule has 2 aromatic heterocycles. The van der Waals surface area contributed by atoms with Crippen LogP contribution in [-0.2, 0) is 0 Å². The topological polar surface area (TPSA) is 49.3 Å². The Morgan fingerprint density at radius 3 is 2.59 bits per heavy atom. The zero-order chi connectivity index (χ0) is 18.8. The summed E-state index contributed by atoms with van der Waals surface area (Å²) in [6, 6.07) is 16.0. The largest absolute Gasteiger partial charge is 0.356 e. The van der Waals surface area contributed by atoms with E-state index in [1.807, 2.05) is 73.6 Å². The first-order chi connectivity index (χ1) is 13.1. The van der Waals surface area contributed by atoms with E-state index in [0.29, 0.717) is 0 Å². The van der Waals surface area contributed by atoms with Gasteiger partial charge in [0.15, 0.2) is 0 Å². The third-order valence-electron chi connectivity index (χ3n) is 5.38. The minimum absolute atomic E-state index is 0.0768. The molecule has 1 saturated heterocycles. The van der Waals surface area contributed by atoms with Crippen LogP contribution >= 0.6 is 0 Å². The van der Waals surface area contributed by atoms with Gasteiger partial charge in [-0.1, -0.05) is 24.3 Å². The van der Waals surface area contributed by atoms with Gasteiger partial charge in [0, 0.05) is 43.5 Å². The molecule has 0 atom stereocenters. The van der Waals surface area contributed by atoms with Crippen molar-refractivity contribution in [2.75, 3.05) is 25.0 Å². The van der Waals surface area contributed by atoms with Gasteiger partial charge in [-0.2, -0.15) is 0 Å². The van der Waals surface area contributed by atoms with Crippen molar-refractivity contribution in [1.29, 1.82) is 0 Å². The SMILES string of the molecule is Cc1cc(C(=O)N(C)C2CCN(c3ccccn3)CC2)c2ccccc2n1. The molecule has 4 rings (SSSR count). The van der Waals surface area contributed by atoms with Crippen LogP contribution in [0.15, 0.2) is 54.7 Å². The molecule has 5 nitrogen and oxygen atoms in total. The molecule has 0 saturated carbocycles. The summed E-state index contributed by atoms with van der Waals surface area (Å²) in [6.45, 7) is 3.76. The summed E-state index contributed by atoms with van der Waals surface area (Å²) < 4.78 is 0. The lowest BCUT2D eigenvalue weighted by Gasteiger charge is -2.37. The first-order valence-corrected chi connectivity index (χ1v) is 9.43. The number of carbonyl (C=O) groups excluding carboxylic acids is 1. The first-order valence-electron chi connectivity index (χ1n) is 9.43. The normalized spacial score (nSPS) is 15.1. The van der Waals surface area contributed by atoms with Crippen LogP contribution in [-0.4, -0.2) is 47.0 Å². The standard InChI is InChI=1S/C22H24N4O/c1-16-15-19(18-7-3-4-8-20(18)24-16)22(27)25(2)17-10-13-26(14-11-17)21-9-5-6-12-23-21/h3-9,12,15,17H,10-11,13-14H2,1-2H3. The molecule has 1 fully saturated rings. The number of pyridine rings is 2. The van der Waals surface area contributed by atoms with Gasteiger partial charge in [-0.15, -0.1) is 0 Å². The maximum absolute atomic E-state index is 13.2. The molecule has 0 N–H and O–H groups in total. The van der Waals surface area contributed by atoms with E-state index in [-0.39, 0.29) is 11.9 Å². The summed E-state index contributed by atoms with van der Waals surface area (Å²) in [6.07, 6.45) is 3.72. The lowest BCUT2D eigenvalue weighted by Crippen LogP contribution is -2.46. The van der Waals surface area contributed by atoms with Gasteiger partial charge < -0.3 is 9.80 Å². The number of hydrogen-bond acceptors (Lipinski definition) is 4. The second kappa shape index (κ2) is 7.35. The predicted molar refractivity (Wildman–Crippen MR) is 108 cm³/mol. The van der Waals surface area contributed by atoms with Crippen molar-refractivity contribution >= 4 is 22.6 Å². The van der Waals surface area contributed by atoms with Crippen molar-refractivity contribution in [3.63, 3.8) is 0 Å². The van der Waals surface area contributed by atoms with Gasteiger partial charge in [-0.3, -0.25) is 9.78 Å². The predicted octanol–water partition coefficient (Wildman–Crippen LogP) is 3.68. The third kappa shape index (κ3) is 3.50. The number of aromatic nitrogens is 2. The van der Waals surface area contributed by atoms with E-state index in [9.17, 15) is 4.79 Å². The first kappa shape index (κ1) is 17.5. The second-order valence-corrected chi connectivity index (χ2v) is 7.15. The van der Waals surface area contributed by atoms with Gasteiger partial charge in [0.1, 0.15) is 5.82 Å². The van der Waals surface area contributed by atoms with Crippen LogP contribution in [0.1, 0.15) is 28.9 Å². The average molecular weight is 360 g/mol. The molecular weight excluding hydrogens is 336 g/mol. The summed E-state index contributed by atoms with van der Waals surface area (Å²) in [5, 5.41) is 0.922. The number of amides is 1. The number of hydrogen-bond donors (Lipinski definition) is 0. The van der Waals surface area contributed by atoms with E-state index >= 15 is 0 Å². The van der Waals surface area contributed by atoms with Crippen LogP contribution in [0.2, 0.25) is 0 Å². The van der Waals surface area contributed by atoms with Gasteiger partial charge in [-0.25, -0.2) is 4.98 Å². The summed E-state index contributed by atoms with van der Waals surface area (Å²) in [5.41, 5.74) is 2.49. The number of benzene rings is 1. The number of anilines is 1. The molecule has 0 aliphatic carbocycles. The van der Waals surface area contributed by atoms with Crippen LogP contribution in [0, 0.1) is 6.92 Å². The highest BCUT2D eigenvalue weighted by molar-refractivity contribution is 6.06. The molecule has 5 heteroatoms. The molecule has 3 aromatic rings. The highest BCUT2D eigenvalue weighted by atomic mass is 16.2. The summed E-state index contributed by atoms with van der Waals surface area (Å²) in [4.78, 5) is 26.4. The van der Waals surface area contributed by atoms with Gasteiger partial charge in [0.05, 0.1) is 11.1 Å². The highest BCUT2D eigenvalue weighted by Crippen LogP contribution is 2.24. The maximum Gasteiger partial charge on any atom is 0.254 e. The fourth-order valence-corrected chi connectivity index (χ4v) is 3.86. The Morgan fingerprint density at radius 2 is 1.85 bits per heavy atom. The number of para-hydroxylation sites is 1. The number of rotatable bonds is 3. The van der Waals surface area contributed by atoms with Crippen LogP contribution in [0.25, 0.3) is 10.9 Å². The lowest BCUT2D eigenvalue weighted by molar-refractivity contribution is 0.0711. The van der Waals surface area contributed by atoms with Gasteiger partial charge >= 0.3 is 0 Å². The van der Waals surface area contributed by atoms with Crippen molar-refractivity contribution < 1.29 is 4.79 Å². The number of carbonyl (C=O) groups is 1. The van der Waals surface area contributed by atoms with E-state index in [2.05, 4.69) is 14.9 Å². The molecule has 0 spiro atoms. The average Bonchev–Trinajstić information content (AvgIpc) is 2.73. The Bertz CT molecular complexity index is 949. The fourth-order valence-electron chi connectivity index (χ4n) is 3.86. The van der Waals surface area contributed by atoms with Crippen LogP contribution in [0.3, 0.4) is 0 Å². The Labute approximate surface area is 159 Å². The van der Waals surface area contributed by atoms with E-state index in [1.54, 1.807) is 0 Å².